The van der Waals surface area contributed by atoms with Crippen molar-refractivity contribution >= 4 is 39.4 Å². The van der Waals surface area contributed by atoms with E-state index in [1.165, 1.54) is 24.0 Å². The molecule has 5 nitrogen and oxygen atoms in total. The van der Waals surface area contributed by atoms with E-state index in [-0.39, 0.29) is 12.2 Å². The third-order valence-electron chi connectivity index (χ3n) is 6.07. The summed E-state index contributed by atoms with van der Waals surface area (Å²) < 4.78 is 5.94. The Hall–Kier alpha value is -2.96. The maximum Gasteiger partial charge on any atom is 0.264 e. The number of ketones is 1. The first-order chi connectivity index (χ1) is 15.7. The van der Waals surface area contributed by atoms with Gasteiger partial charge in [0.25, 0.3) is 5.91 Å². The molecule has 33 heavy (non-hydrogen) atoms. The first kappa shape index (κ1) is 23.2. The molecule has 3 aromatic rings. The highest BCUT2D eigenvalue weighted by atomic mass is 79.9. The van der Waals surface area contributed by atoms with Crippen LogP contribution in [0.15, 0.2) is 69.8 Å². The number of amides is 1. The summed E-state index contributed by atoms with van der Waals surface area (Å²) in [7, 11) is 0. The molecule has 170 valence electrons. The van der Waals surface area contributed by atoms with Crippen molar-refractivity contribution in [3.05, 3.63) is 93.4 Å². The summed E-state index contributed by atoms with van der Waals surface area (Å²) in [6.45, 7) is 6.59. The first-order valence-electron chi connectivity index (χ1n) is 10.9. The van der Waals surface area contributed by atoms with Crippen LogP contribution in [0.5, 0.6) is 0 Å². The molecule has 1 aliphatic heterocycles. The van der Waals surface area contributed by atoms with Crippen molar-refractivity contribution < 1.29 is 19.1 Å². The van der Waals surface area contributed by atoms with Gasteiger partial charge in [0.05, 0.1) is 24.9 Å². The highest BCUT2D eigenvalue weighted by Gasteiger charge is 2.50. The van der Waals surface area contributed by atoms with Crippen LogP contribution in [0.25, 0.3) is 6.08 Å². The number of hydrogen-bond acceptors (Lipinski definition) is 4. The highest BCUT2D eigenvalue weighted by Crippen LogP contribution is 2.44. The Labute approximate surface area is 201 Å². The van der Waals surface area contributed by atoms with Crippen molar-refractivity contribution in [2.45, 2.75) is 45.3 Å². The van der Waals surface area contributed by atoms with Crippen LogP contribution < -0.4 is 4.90 Å². The second-order valence-corrected chi connectivity index (χ2v) is 9.66. The lowest BCUT2D eigenvalue weighted by Crippen LogP contribution is -2.41. The molecule has 1 aliphatic rings. The minimum Gasteiger partial charge on any atom is -0.465 e. The normalized spacial score (nSPS) is 17.9. The summed E-state index contributed by atoms with van der Waals surface area (Å²) in [5.41, 5.74) is 2.37. The average Bonchev–Trinajstić information content (AvgIpc) is 3.36. The Morgan fingerprint density at radius 3 is 2.70 bits per heavy atom. The fraction of sp³-hybridized carbons (Fsp3) is 0.259. The van der Waals surface area contributed by atoms with E-state index in [2.05, 4.69) is 48.0 Å². The molecule has 0 unspecified atom stereocenters. The Balaban J connectivity index is 1.67. The molecule has 1 N–H and O–H groups in total. The van der Waals surface area contributed by atoms with Gasteiger partial charge in [-0.25, -0.2) is 0 Å². The number of benzene rings is 2. The first-order valence-corrected chi connectivity index (χ1v) is 11.7. The van der Waals surface area contributed by atoms with Crippen molar-refractivity contribution in [2.24, 2.45) is 0 Å². The number of nitrogens with zero attached hydrogens (tertiary/aromatic N) is 1. The van der Waals surface area contributed by atoms with Gasteiger partial charge in [-0.1, -0.05) is 48.0 Å². The number of carbonyl (C=O) groups excluding carboxylic acids is 2. The number of hydrogen-bond donors (Lipinski definition) is 1. The van der Waals surface area contributed by atoms with E-state index in [0.717, 1.165) is 15.6 Å². The van der Waals surface area contributed by atoms with Crippen LogP contribution in [-0.2, 0) is 21.7 Å². The lowest BCUT2D eigenvalue weighted by molar-refractivity contribution is -0.140. The van der Waals surface area contributed by atoms with Gasteiger partial charge >= 0.3 is 0 Å². The van der Waals surface area contributed by atoms with Crippen molar-refractivity contribution in [1.82, 2.24) is 0 Å². The fourth-order valence-corrected chi connectivity index (χ4v) is 4.48. The van der Waals surface area contributed by atoms with E-state index in [4.69, 9.17) is 4.42 Å². The molecule has 2 aromatic carbocycles. The number of aliphatic hydroxyl groups is 1. The summed E-state index contributed by atoms with van der Waals surface area (Å²) in [5, 5.41) is 11.5. The summed E-state index contributed by atoms with van der Waals surface area (Å²) in [6.07, 6.45) is 4.03. The molecule has 2 heterocycles. The van der Waals surface area contributed by atoms with Crippen molar-refractivity contribution in [3.8, 4) is 0 Å². The molecule has 0 saturated heterocycles. The number of aryl methyl sites for hydroxylation is 1. The molecular formula is C27H26BrNO4. The summed E-state index contributed by atoms with van der Waals surface area (Å²) >= 11 is 3.43. The summed E-state index contributed by atoms with van der Waals surface area (Å²) in [5.74, 6) is 0.0217. The van der Waals surface area contributed by atoms with Gasteiger partial charge in [-0.15, -0.1) is 0 Å². The second kappa shape index (κ2) is 9.12. The zero-order valence-electron chi connectivity index (χ0n) is 18.8. The SMILES string of the molecule is Cc1ccc(C(C)C)cc1CN1C(=O)[C@](O)(CC(=O)/C=C/c2ccco2)c2cc(Br)ccc21. The van der Waals surface area contributed by atoms with E-state index in [9.17, 15) is 14.7 Å². The Morgan fingerprint density at radius 2 is 2.00 bits per heavy atom. The molecule has 6 heteroatoms. The quantitative estimate of drug-likeness (QED) is 0.405. The number of rotatable bonds is 7. The fourth-order valence-electron chi connectivity index (χ4n) is 4.11. The number of halogens is 1. The minimum atomic E-state index is -1.94. The minimum absolute atomic E-state index is 0.318. The molecule has 1 aromatic heterocycles. The van der Waals surface area contributed by atoms with Crippen LogP contribution in [0.3, 0.4) is 0 Å². The molecule has 0 radical (unpaired) electrons. The van der Waals surface area contributed by atoms with Gasteiger partial charge in [0.15, 0.2) is 11.4 Å². The van der Waals surface area contributed by atoms with E-state index in [1.54, 1.807) is 29.2 Å². The van der Waals surface area contributed by atoms with E-state index in [1.807, 2.05) is 13.0 Å². The lowest BCUT2D eigenvalue weighted by atomic mass is 9.90. The second-order valence-electron chi connectivity index (χ2n) is 8.75. The highest BCUT2D eigenvalue weighted by molar-refractivity contribution is 9.10. The molecule has 0 aliphatic carbocycles. The summed E-state index contributed by atoms with van der Waals surface area (Å²) in [6, 6.07) is 15.1. The lowest BCUT2D eigenvalue weighted by Gasteiger charge is -2.23. The maximum atomic E-state index is 13.6. The van der Waals surface area contributed by atoms with Crippen LogP contribution in [0.2, 0.25) is 0 Å². The van der Waals surface area contributed by atoms with Gasteiger partial charge in [0.2, 0.25) is 0 Å². The number of furan rings is 1. The molecule has 0 spiro atoms. The Morgan fingerprint density at radius 1 is 1.21 bits per heavy atom. The van der Waals surface area contributed by atoms with Crippen LogP contribution in [-0.4, -0.2) is 16.8 Å². The smallest absolute Gasteiger partial charge is 0.264 e. The molecule has 0 saturated carbocycles. The zero-order chi connectivity index (χ0) is 23.8. The topological polar surface area (TPSA) is 70.8 Å². The standard InChI is InChI=1S/C27H26BrNO4/c1-17(2)19-7-6-18(3)20(13-19)16-29-25-11-8-21(28)14-24(25)27(32,26(29)31)15-22(30)9-10-23-5-4-12-33-23/h4-14,17,32H,15-16H2,1-3H3/b10-9+/t27-/m0/s1. The van der Waals surface area contributed by atoms with E-state index >= 15 is 0 Å². The number of allylic oxidation sites excluding steroid dienone is 1. The van der Waals surface area contributed by atoms with Crippen molar-refractivity contribution in [2.75, 3.05) is 4.90 Å². The third-order valence-corrected chi connectivity index (χ3v) is 6.56. The van der Waals surface area contributed by atoms with Gasteiger partial charge in [-0.05, 0) is 72.0 Å². The number of anilines is 1. The van der Waals surface area contributed by atoms with Crippen LogP contribution >= 0.6 is 15.9 Å². The predicted octanol–water partition coefficient (Wildman–Crippen LogP) is 5.88. The monoisotopic (exact) mass is 507 g/mol. The molecular weight excluding hydrogens is 482 g/mol. The number of carbonyl (C=O) groups is 2. The van der Waals surface area contributed by atoms with E-state index in [0.29, 0.717) is 29.5 Å². The van der Waals surface area contributed by atoms with E-state index < -0.39 is 11.5 Å². The molecule has 1 atom stereocenters. The van der Waals surface area contributed by atoms with Gasteiger partial charge in [-0.2, -0.15) is 0 Å². The largest absolute Gasteiger partial charge is 0.465 e. The molecule has 0 bridgehead atoms. The molecule has 0 fully saturated rings. The van der Waals surface area contributed by atoms with Gasteiger partial charge in [0.1, 0.15) is 5.76 Å². The zero-order valence-corrected chi connectivity index (χ0v) is 20.4. The van der Waals surface area contributed by atoms with Crippen LogP contribution in [0.4, 0.5) is 5.69 Å². The van der Waals surface area contributed by atoms with Gasteiger partial charge in [0, 0.05) is 10.0 Å². The number of fused-ring (bicyclic) bond motifs is 1. The van der Waals surface area contributed by atoms with Crippen molar-refractivity contribution in [3.63, 3.8) is 0 Å². The average molecular weight is 508 g/mol. The van der Waals surface area contributed by atoms with Crippen LogP contribution in [0, 0.1) is 6.92 Å². The Bertz CT molecular complexity index is 1230. The van der Waals surface area contributed by atoms with Crippen molar-refractivity contribution in [1.29, 1.82) is 0 Å². The Kier molecular flexibility index (Phi) is 6.41. The molecule has 4 rings (SSSR count). The molecule has 1 amide bonds. The van der Waals surface area contributed by atoms with Gasteiger partial charge in [-0.3, -0.25) is 9.59 Å². The third kappa shape index (κ3) is 4.59. The summed E-state index contributed by atoms with van der Waals surface area (Å²) in [4.78, 5) is 27.9. The predicted molar refractivity (Wildman–Crippen MR) is 132 cm³/mol. The van der Waals surface area contributed by atoms with Crippen LogP contribution in [0.1, 0.15) is 54.2 Å². The maximum absolute atomic E-state index is 13.6. The van der Waals surface area contributed by atoms with Gasteiger partial charge < -0.3 is 14.4 Å².